The van der Waals surface area contributed by atoms with Crippen molar-refractivity contribution in [2.75, 3.05) is 0 Å². The lowest BCUT2D eigenvalue weighted by molar-refractivity contribution is 0.670. The molecule has 3 aliphatic carbocycles. The fraction of sp³-hybridized carbons (Fsp3) is 0.0253. The fourth-order valence-electron chi connectivity index (χ4n) is 15.3. The van der Waals surface area contributed by atoms with Crippen LogP contribution in [-0.4, -0.2) is 22.2 Å². The number of benzene rings is 12. The van der Waals surface area contributed by atoms with Crippen LogP contribution >= 0.6 is 0 Å². The lowest BCUT2D eigenvalue weighted by Gasteiger charge is -2.43. The van der Waals surface area contributed by atoms with Crippen molar-refractivity contribution in [1.82, 2.24) is 14.1 Å². The molecule has 392 valence electrons. The third-order valence-corrected chi connectivity index (χ3v) is 23.4. The zero-order chi connectivity index (χ0) is 55.0. The topological polar surface area (TPSA) is 35.9 Å². The van der Waals surface area contributed by atoms with Crippen molar-refractivity contribution in [1.29, 1.82) is 0 Å². The SMILES string of the molecule is c1ccc(-n2c3ccccc3c3c4c(ccc32)C2c3ccccc3C4c3c2ccc2c3c3ccccc3n2-c2cc(-c3cccc4c3oc3ccccc34)cc(-c3cccc([Si](c4ccccc4)(c4ccccc4)c4ccccc4)c3)n2)cc1. The van der Waals surface area contributed by atoms with Gasteiger partial charge in [0.25, 0.3) is 0 Å². The van der Waals surface area contributed by atoms with Crippen molar-refractivity contribution in [3.05, 3.63) is 331 Å². The largest absolute Gasteiger partial charge is 0.455 e. The Morgan fingerprint density at radius 1 is 0.333 bits per heavy atom. The molecule has 4 nitrogen and oxygen atoms in total. The second-order valence-electron chi connectivity index (χ2n) is 22.8. The van der Waals surface area contributed by atoms with Crippen LogP contribution in [0, 0.1) is 0 Å². The first-order valence-corrected chi connectivity index (χ1v) is 31.2. The molecule has 2 unspecified atom stereocenters. The summed E-state index contributed by atoms with van der Waals surface area (Å²) in [4.78, 5) is 5.92. The molecule has 2 atom stereocenters. The molecule has 3 aliphatic rings. The normalized spacial score (nSPS) is 14.4. The van der Waals surface area contributed by atoms with E-state index in [2.05, 4.69) is 306 Å². The summed E-state index contributed by atoms with van der Waals surface area (Å²) < 4.78 is 11.8. The lowest BCUT2D eigenvalue weighted by atomic mass is 9.59. The van der Waals surface area contributed by atoms with Gasteiger partial charge in [-0.15, -0.1) is 0 Å². The Balaban J connectivity index is 0.910. The van der Waals surface area contributed by atoms with Crippen LogP contribution in [0.25, 0.3) is 99.4 Å². The molecule has 0 aliphatic heterocycles. The predicted molar refractivity (Wildman–Crippen MR) is 349 cm³/mol. The minimum absolute atomic E-state index is 0.0237. The Morgan fingerprint density at radius 3 is 1.48 bits per heavy atom. The van der Waals surface area contributed by atoms with Crippen molar-refractivity contribution in [2.45, 2.75) is 11.8 Å². The molecular weight excluding hydrogens is 1030 g/mol. The highest BCUT2D eigenvalue weighted by atomic mass is 28.3. The molecule has 0 saturated heterocycles. The van der Waals surface area contributed by atoms with E-state index in [9.17, 15) is 0 Å². The third kappa shape index (κ3) is 6.61. The van der Waals surface area contributed by atoms with E-state index in [1.54, 1.807) is 0 Å². The summed E-state index contributed by atoms with van der Waals surface area (Å²) in [5, 5.41) is 12.6. The van der Waals surface area contributed by atoms with Crippen LogP contribution in [0.3, 0.4) is 0 Å². The van der Waals surface area contributed by atoms with E-state index in [0.29, 0.717) is 0 Å². The molecule has 0 N–H and O–H groups in total. The van der Waals surface area contributed by atoms with Gasteiger partial charge in [-0.25, -0.2) is 4.98 Å². The van der Waals surface area contributed by atoms with Gasteiger partial charge < -0.3 is 8.98 Å². The number of aromatic nitrogens is 3. The average molecular weight is 1090 g/mol. The van der Waals surface area contributed by atoms with Gasteiger partial charge in [-0.3, -0.25) is 4.57 Å². The van der Waals surface area contributed by atoms with E-state index in [4.69, 9.17) is 9.40 Å². The molecule has 4 aromatic heterocycles. The van der Waals surface area contributed by atoms with Crippen molar-refractivity contribution < 1.29 is 4.42 Å². The molecule has 0 amide bonds. The number of fused-ring (bicyclic) bond motifs is 9. The molecule has 5 heteroatoms. The maximum absolute atomic E-state index is 6.87. The Morgan fingerprint density at radius 2 is 0.833 bits per heavy atom. The molecular formula is C79H51N3OSi. The first-order valence-electron chi connectivity index (χ1n) is 29.2. The monoisotopic (exact) mass is 1090 g/mol. The van der Waals surface area contributed by atoms with Crippen LogP contribution in [0.2, 0.25) is 0 Å². The maximum Gasteiger partial charge on any atom is 0.179 e. The summed E-state index contributed by atoms with van der Waals surface area (Å²) in [5.41, 5.74) is 20.0. The molecule has 12 aromatic carbocycles. The second-order valence-corrected chi connectivity index (χ2v) is 26.6. The Kier molecular flexibility index (Phi) is 10.2. The van der Waals surface area contributed by atoms with E-state index in [1.165, 1.54) is 92.4 Å². The van der Waals surface area contributed by atoms with Crippen molar-refractivity contribution in [3.8, 4) is 33.9 Å². The Labute approximate surface area is 486 Å². The highest BCUT2D eigenvalue weighted by Gasteiger charge is 2.45. The van der Waals surface area contributed by atoms with Gasteiger partial charge in [-0.05, 0) is 114 Å². The molecule has 19 rings (SSSR count). The van der Waals surface area contributed by atoms with Crippen molar-refractivity contribution in [3.63, 3.8) is 0 Å². The van der Waals surface area contributed by atoms with Gasteiger partial charge in [0, 0.05) is 61.0 Å². The molecule has 16 aromatic rings. The Hall–Kier alpha value is -10.6. The smallest absolute Gasteiger partial charge is 0.179 e. The molecule has 84 heavy (non-hydrogen) atoms. The number of pyridine rings is 1. The minimum Gasteiger partial charge on any atom is -0.455 e. The molecule has 0 spiro atoms. The average Bonchev–Trinajstić information content (AvgIpc) is 2.15. The Bertz CT molecular complexity index is 5230. The van der Waals surface area contributed by atoms with Crippen LogP contribution < -0.4 is 20.7 Å². The van der Waals surface area contributed by atoms with Gasteiger partial charge in [0.1, 0.15) is 17.0 Å². The van der Waals surface area contributed by atoms with E-state index in [0.717, 1.165) is 61.2 Å². The number of hydrogen-bond acceptors (Lipinski definition) is 2. The standard InChI is InChI=1S/C79H51N3OSi/c1-5-24-52(25-6-1)81-67-40-18-15-36-62(67)74-69(81)45-43-64-73-59-34-13-14-35-60(59)76(77(64)74)78-65(73)44-46-70-75(78)63-37-16-19-41-68(63)82(70)72-49-51(57-38-22-39-61-58-33-17-20-42-71(58)83-79(57)61)48-66(80-72)50-23-21-32-56(47-50)84(53-26-7-2-8-27-53,54-28-9-3-10-29-54)55-30-11-4-12-31-55/h1-49,73,76H. The molecule has 0 fully saturated rings. The summed E-state index contributed by atoms with van der Waals surface area (Å²) in [5.74, 6) is 0.887. The molecule has 2 bridgehead atoms. The summed E-state index contributed by atoms with van der Waals surface area (Å²) >= 11 is 0. The van der Waals surface area contributed by atoms with E-state index in [1.807, 2.05) is 0 Å². The highest BCUT2D eigenvalue weighted by Crippen LogP contribution is 2.60. The van der Waals surface area contributed by atoms with Crippen LogP contribution in [-0.2, 0) is 0 Å². The quantitative estimate of drug-likeness (QED) is 0.112. The predicted octanol–water partition coefficient (Wildman–Crippen LogP) is 16.9. The van der Waals surface area contributed by atoms with Gasteiger partial charge in [0.15, 0.2) is 8.07 Å². The molecule has 4 heterocycles. The maximum atomic E-state index is 6.87. The van der Waals surface area contributed by atoms with E-state index in [-0.39, 0.29) is 11.8 Å². The summed E-state index contributed by atoms with van der Waals surface area (Å²) in [6.45, 7) is 0. The summed E-state index contributed by atoms with van der Waals surface area (Å²) in [7, 11) is -2.91. The lowest BCUT2D eigenvalue weighted by Crippen LogP contribution is -2.74. The minimum atomic E-state index is -2.91. The second kappa shape index (κ2) is 18.2. The van der Waals surface area contributed by atoms with Crippen LogP contribution in [0.5, 0.6) is 0 Å². The van der Waals surface area contributed by atoms with Gasteiger partial charge >= 0.3 is 0 Å². The van der Waals surface area contributed by atoms with Gasteiger partial charge in [-0.1, -0.05) is 243 Å². The molecule has 0 radical (unpaired) electrons. The summed E-state index contributed by atoms with van der Waals surface area (Å²) in [6.07, 6.45) is 0. The van der Waals surface area contributed by atoms with Gasteiger partial charge in [0.2, 0.25) is 0 Å². The van der Waals surface area contributed by atoms with E-state index < -0.39 is 8.07 Å². The third-order valence-electron chi connectivity index (χ3n) is 18.6. The zero-order valence-electron chi connectivity index (χ0n) is 45.7. The van der Waals surface area contributed by atoms with Gasteiger partial charge in [-0.2, -0.15) is 0 Å². The number of para-hydroxylation sites is 5. The van der Waals surface area contributed by atoms with Crippen molar-refractivity contribution >= 4 is 94.4 Å². The molecule has 0 saturated carbocycles. The van der Waals surface area contributed by atoms with Crippen LogP contribution in [0.15, 0.2) is 302 Å². The van der Waals surface area contributed by atoms with Crippen LogP contribution in [0.1, 0.15) is 45.2 Å². The number of hydrogen-bond donors (Lipinski definition) is 0. The first-order chi connectivity index (χ1) is 41.7. The number of furan rings is 1. The van der Waals surface area contributed by atoms with Gasteiger partial charge in [0.05, 0.1) is 27.8 Å². The zero-order valence-corrected chi connectivity index (χ0v) is 46.7. The number of rotatable bonds is 8. The highest BCUT2D eigenvalue weighted by molar-refractivity contribution is 7.19. The van der Waals surface area contributed by atoms with Crippen molar-refractivity contribution in [2.24, 2.45) is 0 Å². The number of nitrogens with zero attached hydrogens (tertiary/aromatic N) is 3. The van der Waals surface area contributed by atoms with Crippen LogP contribution in [0.4, 0.5) is 0 Å². The fourth-order valence-corrected chi connectivity index (χ4v) is 20.1. The summed E-state index contributed by atoms with van der Waals surface area (Å²) in [6, 6.07) is 110. The first kappa shape index (κ1) is 47.1. The van der Waals surface area contributed by atoms with E-state index >= 15 is 0 Å².